The molecule has 0 aromatic carbocycles. The number of H-pyrrole nitrogens is 1. The molecular formula is C13H13N3O2. The first kappa shape index (κ1) is 12.0. The molecule has 92 valence electrons. The molecule has 5 heteroatoms. The van der Waals surface area contributed by atoms with Crippen molar-refractivity contribution < 1.29 is 4.79 Å². The second kappa shape index (κ2) is 5.77. The highest BCUT2D eigenvalue weighted by Gasteiger charge is 2.04. The van der Waals surface area contributed by atoms with Crippen LogP contribution in [0.3, 0.4) is 0 Å². The van der Waals surface area contributed by atoms with Gasteiger partial charge in [0.05, 0.1) is 0 Å². The standard InChI is InChI=1S/C13H13N3O2/c17-12-5-1-4-11(16-12)13(18)15-8-6-10-3-2-7-14-9-10/h1-5,7,9H,6,8H2,(H,15,18)(H,16,17). The van der Waals surface area contributed by atoms with E-state index in [-0.39, 0.29) is 17.2 Å². The Hall–Kier alpha value is -2.43. The van der Waals surface area contributed by atoms with Crippen molar-refractivity contribution in [1.82, 2.24) is 15.3 Å². The van der Waals surface area contributed by atoms with Gasteiger partial charge in [0.1, 0.15) is 5.69 Å². The summed E-state index contributed by atoms with van der Waals surface area (Å²) >= 11 is 0. The van der Waals surface area contributed by atoms with Crippen LogP contribution in [0.25, 0.3) is 0 Å². The van der Waals surface area contributed by atoms with Crippen LogP contribution in [0.4, 0.5) is 0 Å². The minimum Gasteiger partial charge on any atom is -0.350 e. The molecule has 0 aliphatic heterocycles. The average Bonchev–Trinajstić information content (AvgIpc) is 2.40. The first-order valence-corrected chi connectivity index (χ1v) is 5.62. The highest BCUT2D eigenvalue weighted by Crippen LogP contribution is 1.96. The number of rotatable bonds is 4. The van der Waals surface area contributed by atoms with E-state index in [0.29, 0.717) is 13.0 Å². The number of aromatic amines is 1. The summed E-state index contributed by atoms with van der Waals surface area (Å²) in [6, 6.07) is 8.29. The highest BCUT2D eigenvalue weighted by atomic mass is 16.2. The summed E-state index contributed by atoms with van der Waals surface area (Å²) < 4.78 is 0. The van der Waals surface area contributed by atoms with Crippen molar-refractivity contribution in [2.45, 2.75) is 6.42 Å². The highest BCUT2D eigenvalue weighted by molar-refractivity contribution is 5.92. The average molecular weight is 243 g/mol. The molecule has 0 aliphatic carbocycles. The lowest BCUT2D eigenvalue weighted by Crippen LogP contribution is -2.28. The topological polar surface area (TPSA) is 74.8 Å². The van der Waals surface area contributed by atoms with Gasteiger partial charge in [-0.25, -0.2) is 0 Å². The summed E-state index contributed by atoms with van der Waals surface area (Å²) in [4.78, 5) is 29.2. The zero-order valence-electron chi connectivity index (χ0n) is 9.72. The second-order valence-corrected chi connectivity index (χ2v) is 3.80. The SMILES string of the molecule is O=C(NCCc1cccnc1)c1cccc(=O)[nH]1. The molecule has 0 radical (unpaired) electrons. The Labute approximate surface area is 104 Å². The molecule has 2 aromatic heterocycles. The number of nitrogens with zero attached hydrogens (tertiary/aromatic N) is 1. The van der Waals surface area contributed by atoms with E-state index >= 15 is 0 Å². The quantitative estimate of drug-likeness (QED) is 0.831. The van der Waals surface area contributed by atoms with Gasteiger partial charge >= 0.3 is 0 Å². The van der Waals surface area contributed by atoms with Crippen molar-refractivity contribution in [1.29, 1.82) is 0 Å². The maximum atomic E-state index is 11.7. The summed E-state index contributed by atoms with van der Waals surface area (Å²) in [7, 11) is 0. The molecule has 0 bridgehead atoms. The van der Waals surface area contributed by atoms with Crippen LogP contribution in [0.5, 0.6) is 0 Å². The first-order chi connectivity index (χ1) is 8.75. The molecule has 0 aliphatic rings. The fraction of sp³-hybridized carbons (Fsp3) is 0.154. The van der Waals surface area contributed by atoms with Crippen molar-refractivity contribution in [2.24, 2.45) is 0 Å². The van der Waals surface area contributed by atoms with Crippen molar-refractivity contribution in [2.75, 3.05) is 6.54 Å². The smallest absolute Gasteiger partial charge is 0.267 e. The summed E-state index contributed by atoms with van der Waals surface area (Å²) in [6.45, 7) is 0.501. The monoisotopic (exact) mass is 243 g/mol. The lowest BCUT2D eigenvalue weighted by atomic mass is 10.2. The van der Waals surface area contributed by atoms with Crippen LogP contribution in [0.2, 0.25) is 0 Å². The van der Waals surface area contributed by atoms with E-state index in [4.69, 9.17) is 0 Å². The Morgan fingerprint density at radius 3 is 2.89 bits per heavy atom. The third-order valence-electron chi connectivity index (χ3n) is 2.44. The van der Waals surface area contributed by atoms with Gasteiger partial charge in [-0.15, -0.1) is 0 Å². The minimum atomic E-state index is -0.282. The van der Waals surface area contributed by atoms with Crippen LogP contribution in [0.15, 0.2) is 47.5 Å². The normalized spacial score (nSPS) is 10.0. The van der Waals surface area contributed by atoms with Crippen LogP contribution in [0, 0.1) is 0 Å². The molecule has 18 heavy (non-hydrogen) atoms. The molecule has 2 N–H and O–H groups in total. The molecule has 0 saturated heterocycles. The maximum absolute atomic E-state index is 11.7. The van der Waals surface area contributed by atoms with Gasteiger partial charge in [0.2, 0.25) is 5.56 Å². The predicted molar refractivity (Wildman–Crippen MR) is 67.3 cm³/mol. The van der Waals surface area contributed by atoms with Crippen LogP contribution in [-0.4, -0.2) is 22.4 Å². The van der Waals surface area contributed by atoms with Gasteiger partial charge in [-0.3, -0.25) is 14.6 Å². The fourth-order valence-electron chi connectivity index (χ4n) is 1.54. The molecule has 2 heterocycles. The van der Waals surface area contributed by atoms with Gasteiger partial charge in [-0.05, 0) is 24.1 Å². The lowest BCUT2D eigenvalue weighted by molar-refractivity contribution is 0.0949. The van der Waals surface area contributed by atoms with E-state index in [2.05, 4.69) is 15.3 Å². The number of carbonyl (C=O) groups excluding carboxylic acids is 1. The molecule has 0 fully saturated rings. The van der Waals surface area contributed by atoms with Gasteiger partial charge in [-0.1, -0.05) is 12.1 Å². The number of carbonyl (C=O) groups is 1. The fourth-order valence-corrected chi connectivity index (χ4v) is 1.54. The Balaban J connectivity index is 1.87. The van der Waals surface area contributed by atoms with Crippen LogP contribution >= 0.6 is 0 Å². The Morgan fingerprint density at radius 2 is 2.17 bits per heavy atom. The van der Waals surface area contributed by atoms with Crippen LogP contribution in [0.1, 0.15) is 16.1 Å². The zero-order valence-corrected chi connectivity index (χ0v) is 9.72. The molecule has 0 atom stereocenters. The van der Waals surface area contributed by atoms with Gasteiger partial charge in [-0.2, -0.15) is 0 Å². The first-order valence-electron chi connectivity index (χ1n) is 5.62. The van der Waals surface area contributed by atoms with Crippen molar-refractivity contribution >= 4 is 5.91 Å². The molecular weight excluding hydrogens is 230 g/mol. The van der Waals surface area contributed by atoms with Crippen molar-refractivity contribution in [3.63, 3.8) is 0 Å². The number of amides is 1. The van der Waals surface area contributed by atoms with E-state index in [0.717, 1.165) is 5.56 Å². The Morgan fingerprint density at radius 1 is 1.28 bits per heavy atom. The maximum Gasteiger partial charge on any atom is 0.267 e. The van der Waals surface area contributed by atoms with Gasteiger partial charge in [0.15, 0.2) is 0 Å². The third-order valence-corrected chi connectivity index (χ3v) is 2.44. The summed E-state index contributed by atoms with van der Waals surface area (Å²) in [5.74, 6) is -0.281. The lowest BCUT2D eigenvalue weighted by Gasteiger charge is -2.04. The minimum absolute atomic E-state index is 0.272. The number of hydrogen-bond acceptors (Lipinski definition) is 3. The molecule has 0 unspecified atom stereocenters. The van der Waals surface area contributed by atoms with Gasteiger partial charge in [0.25, 0.3) is 5.91 Å². The van der Waals surface area contributed by atoms with Gasteiger partial charge < -0.3 is 10.3 Å². The predicted octanol–water partition coefficient (Wildman–Crippen LogP) is 0.742. The van der Waals surface area contributed by atoms with Crippen LogP contribution in [-0.2, 0) is 6.42 Å². The number of hydrogen-bond donors (Lipinski definition) is 2. The van der Waals surface area contributed by atoms with E-state index < -0.39 is 0 Å². The molecule has 0 saturated carbocycles. The Bertz CT molecular complexity index is 578. The largest absolute Gasteiger partial charge is 0.350 e. The van der Waals surface area contributed by atoms with Crippen molar-refractivity contribution in [3.8, 4) is 0 Å². The van der Waals surface area contributed by atoms with E-state index in [1.807, 2.05) is 12.1 Å². The van der Waals surface area contributed by atoms with Gasteiger partial charge in [0, 0.05) is 25.0 Å². The molecule has 2 aromatic rings. The Kier molecular flexibility index (Phi) is 3.86. The summed E-state index contributed by atoms with van der Waals surface area (Å²) in [6.07, 6.45) is 4.17. The van der Waals surface area contributed by atoms with Crippen LogP contribution < -0.4 is 10.9 Å². The van der Waals surface area contributed by atoms with E-state index in [1.165, 1.54) is 6.07 Å². The van der Waals surface area contributed by atoms with E-state index in [1.54, 1.807) is 24.5 Å². The molecule has 1 amide bonds. The molecule has 0 spiro atoms. The zero-order chi connectivity index (χ0) is 12.8. The summed E-state index contributed by atoms with van der Waals surface area (Å²) in [5.41, 5.74) is 1.04. The number of pyridine rings is 2. The molecule has 5 nitrogen and oxygen atoms in total. The number of aromatic nitrogens is 2. The third kappa shape index (κ3) is 3.28. The van der Waals surface area contributed by atoms with E-state index in [9.17, 15) is 9.59 Å². The molecule has 2 rings (SSSR count). The number of nitrogens with one attached hydrogen (secondary N) is 2. The van der Waals surface area contributed by atoms with Crippen molar-refractivity contribution in [3.05, 3.63) is 64.3 Å². The summed E-state index contributed by atoms with van der Waals surface area (Å²) in [5, 5.41) is 2.74. The second-order valence-electron chi connectivity index (χ2n) is 3.80.